The minimum Gasteiger partial charge on any atom is -0.484 e. The van der Waals surface area contributed by atoms with Gasteiger partial charge in [-0.05, 0) is 36.6 Å². The molecule has 5 nitrogen and oxygen atoms in total. The predicted octanol–water partition coefficient (Wildman–Crippen LogP) is 2.89. The molecule has 1 unspecified atom stereocenters. The van der Waals surface area contributed by atoms with Crippen LogP contribution in [-0.4, -0.2) is 16.2 Å². The van der Waals surface area contributed by atoms with Crippen molar-refractivity contribution in [3.63, 3.8) is 0 Å². The molecule has 0 aliphatic carbocycles. The minimum absolute atomic E-state index is 0.0847. The number of nitrogens with two attached hydrogens (primary N) is 1. The second-order valence-corrected chi connectivity index (χ2v) is 5.06. The molecule has 2 aromatic rings. The Morgan fingerprint density at radius 1 is 1.40 bits per heavy atom. The molecule has 1 aromatic heterocycles. The normalized spacial score (nSPS) is 12.4. The van der Waals surface area contributed by atoms with Crippen LogP contribution in [0.5, 0.6) is 5.75 Å². The molecule has 1 aromatic carbocycles. The number of benzene rings is 1. The fourth-order valence-corrected chi connectivity index (χ4v) is 2.01. The Morgan fingerprint density at radius 2 is 2.20 bits per heavy atom. The highest BCUT2D eigenvalue weighted by molar-refractivity contribution is 6.30. The summed E-state index contributed by atoms with van der Waals surface area (Å²) in [5, 5.41) is 8.32. The first kappa shape index (κ1) is 14.8. The highest BCUT2D eigenvalue weighted by Gasteiger charge is 2.10. The smallest absolute Gasteiger partial charge is 0.253 e. The summed E-state index contributed by atoms with van der Waals surface area (Å²) in [7, 11) is 0. The molecular weight excluding hydrogens is 278 g/mol. The first-order valence-corrected chi connectivity index (χ1v) is 6.92. The molecule has 0 saturated carbocycles. The highest BCUT2D eigenvalue weighted by atomic mass is 35.5. The van der Waals surface area contributed by atoms with Crippen molar-refractivity contribution in [2.45, 2.75) is 39.3 Å². The summed E-state index contributed by atoms with van der Waals surface area (Å²) in [5.41, 5.74) is 6.98. The number of aromatic nitrogens is 2. The van der Waals surface area contributed by atoms with Crippen LogP contribution in [0.3, 0.4) is 0 Å². The Hall–Kier alpha value is -1.59. The maximum atomic E-state index is 6.03. The Kier molecular flexibility index (Phi) is 4.98. The van der Waals surface area contributed by atoms with E-state index >= 15 is 0 Å². The lowest BCUT2D eigenvalue weighted by Gasteiger charge is -2.14. The molecule has 20 heavy (non-hydrogen) atoms. The van der Waals surface area contributed by atoms with Crippen LogP contribution >= 0.6 is 11.6 Å². The van der Waals surface area contributed by atoms with Gasteiger partial charge in [0.25, 0.3) is 5.89 Å². The zero-order chi connectivity index (χ0) is 14.5. The second kappa shape index (κ2) is 6.72. The van der Waals surface area contributed by atoms with Crippen molar-refractivity contribution in [3.05, 3.63) is 40.6 Å². The molecule has 0 radical (unpaired) electrons. The molecule has 0 saturated heterocycles. The molecule has 6 heteroatoms. The van der Waals surface area contributed by atoms with Gasteiger partial charge in [0.1, 0.15) is 5.75 Å². The van der Waals surface area contributed by atoms with Gasteiger partial charge >= 0.3 is 0 Å². The van der Waals surface area contributed by atoms with Gasteiger partial charge in [0.05, 0.1) is 0 Å². The molecule has 2 rings (SSSR count). The van der Waals surface area contributed by atoms with E-state index in [1.807, 2.05) is 12.1 Å². The van der Waals surface area contributed by atoms with Gasteiger partial charge in [0, 0.05) is 18.0 Å². The molecule has 0 spiro atoms. The van der Waals surface area contributed by atoms with Crippen molar-refractivity contribution in [2.75, 3.05) is 0 Å². The van der Waals surface area contributed by atoms with Crippen LogP contribution in [0.1, 0.15) is 30.7 Å². The maximum Gasteiger partial charge on any atom is 0.253 e. The Bertz CT molecular complexity index is 571. The van der Waals surface area contributed by atoms with Crippen molar-refractivity contribution in [3.8, 4) is 5.75 Å². The summed E-state index contributed by atoms with van der Waals surface area (Å²) in [5.74, 6) is 1.71. The lowest BCUT2D eigenvalue weighted by atomic mass is 10.0. The molecular formula is C14H18ClN3O2. The van der Waals surface area contributed by atoms with Gasteiger partial charge in [0.15, 0.2) is 6.61 Å². The van der Waals surface area contributed by atoms with Crippen LogP contribution in [0.15, 0.2) is 22.6 Å². The number of ether oxygens (including phenoxy) is 1. The Balaban J connectivity index is 2.09. The summed E-state index contributed by atoms with van der Waals surface area (Å²) in [4.78, 5) is 0. The van der Waals surface area contributed by atoms with Crippen molar-refractivity contribution in [1.82, 2.24) is 10.2 Å². The van der Waals surface area contributed by atoms with Crippen LogP contribution in [0.2, 0.25) is 5.02 Å². The third-order valence-corrected chi connectivity index (χ3v) is 3.18. The van der Waals surface area contributed by atoms with E-state index in [9.17, 15) is 0 Å². The van der Waals surface area contributed by atoms with Crippen molar-refractivity contribution >= 4 is 11.6 Å². The second-order valence-electron chi connectivity index (χ2n) is 4.63. The van der Waals surface area contributed by atoms with E-state index in [2.05, 4.69) is 17.1 Å². The van der Waals surface area contributed by atoms with Gasteiger partial charge in [-0.1, -0.05) is 18.5 Å². The molecule has 0 aliphatic rings. The van der Waals surface area contributed by atoms with Crippen LogP contribution in [0.25, 0.3) is 0 Å². The van der Waals surface area contributed by atoms with E-state index in [0.29, 0.717) is 16.8 Å². The first-order chi connectivity index (χ1) is 9.58. The van der Waals surface area contributed by atoms with Crippen molar-refractivity contribution in [2.24, 2.45) is 5.73 Å². The lowest BCUT2D eigenvalue weighted by molar-refractivity contribution is 0.257. The van der Waals surface area contributed by atoms with E-state index in [1.54, 1.807) is 13.0 Å². The quantitative estimate of drug-likeness (QED) is 0.887. The summed E-state index contributed by atoms with van der Waals surface area (Å²) in [6.45, 7) is 4.03. The Morgan fingerprint density at radius 3 is 2.85 bits per heavy atom. The fourth-order valence-electron chi connectivity index (χ4n) is 1.81. The largest absolute Gasteiger partial charge is 0.484 e. The van der Waals surface area contributed by atoms with E-state index in [1.165, 1.54) is 0 Å². The summed E-state index contributed by atoms with van der Waals surface area (Å²) < 4.78 is 11.0. The number of halogens is 1. The number of nitrogens with zero attached hydrogens (tertiary/aromatic N) is 2. The van der Waals surface area contributed by atoms with Crippen LogP contribution in [-0.2, 0) is 13.0 Å². The maximum absolute atomic E-state index is 6.03. The number of rotatable bonds is 6. The minimum atomic E-state index is 0.0847. The number of hydrogen-bond acceptors (Lipinski definition) is 5. The number of aryl methyl sites for hydroxylation is 1. The van der Waals surface area contributed by atoms with Crippen LogP contribution in [0, 0.1) is 6.92 Å². The molecule has 2 N–H and O–H groups in total. The summed E-state index contributed by atoms with van der Waals surface area (Å²) in [6.07, 6.45) is 1.62. The van der Waals surface area contributed by atoms with Crippen molar-refractivity contribution in [1.29, 1.82) is 0 Å². The van der Waals surface area contributed by atoms with Gasteiger partial charge < -0.3 is 14.9 Å². The molecule has 0 fully saturated rings. The topological polar surface area (TPSA) is 74.2 Å². The summed E-state index contributed by atoms with van der Waals surface area (Å²) >= 11 is 6.03. The van der Waals surface area contributed by atoms with Crippen LogP contribution < -0.4 is 10.5 Å². The first-order valence-electron chi connectivity index (χ1n) is 6.54. The Labute approximate surface area is 123 Å². The third kappa shape index (κ3) is 3.95. The number of hydrogen-bond donors (Lipinski definition) is 1. The van der Waals surface area contributed by atoms with Gasteiger partial charge in [0.2, 0.25) is 5.89 Å². The third-order valence-electron chi connectivity index (χ3n) is 2.95. The molecule has 108 valence electrons. The molecule has 0 amide bonds. The van der Waals surface area contributed by atoms with Crippen LogP contribution in [0.4, 0.5) is 0 Å². The van der Waals surface area contributed by atoms with Gasteiger partial charge in [-0.25, -0.2) is 0 Å². The monoisotopic (exact) mass is 295 g/mol. The zero-order valence-corrected chi connectivity index (χ0v) is 12.4. The fraction of sp³-hybridized carbons (Fsp3) is 0.429. The zero-order valence-electron chi connectivity index (χ0n) is 11.6. The predicted molar refractivity (Wildman–Crippen MR) is 76.8 cm³/mol. The molecule has 1 heterocycles. The van der Waals surface area contributed by atoms with Gasteiger partial charge in [-0.15, -0.1) is 10.2 Å². The SMILES string of the molecule is CCC(N)Cc1cc(Cl)ccc1OCc1nnc(C)o1. The summed E-state index contributed by atoms with van der Waals surface area (Å²) in [6, 6.07) is 5.59. The van der Waals surface area contributed by atoms with Crippen molar-refractivity contribution < 1.29 is 9.15 Å². The molecule has 0 aliphatic heterocycles. The van der Waals surface area contributed by atoms with E-state index in [-0.39, 0.29) is 12.6 Å². The van der Waals surface area contributed by atoms with E-state index in [4.69, 9.17) is 26.5 Å². The van der Waals surface area contributed by atoms with E-state index < -0.39 is 0 Å². The average Bonchev–Trinajstić information content (AvgIpc) is 2.83. The highest BCUT2D eigenvalue weighted by Crippen LogP contribution is 2.25. The van der Waals surface area contributed by atoms with E-state index in [0.717, 1.165) is 24.2 Å². The average molecular weight is 296 g/mol. The molecule has 1 atom stereocenters. The lowest BCUT2D eigenvalue weighted by Crippen LogP contribution is -2.21. The standard InChI is InChI=1S/C14H18ClN3O2/c1-3-12(16)7-10-6-11(15)4-5-13(10)19-8-14-18-17-9(2)20-14/h4-6,12H,3,7-8,16H2,1-2H3. The molecule has 0 bridgehead atoms. The van der Waals surface area contributed by atoms with Gasteiger partial charge in [-0.2, -0.15) is 0 Å². The van der Waals surface area contributed by atoms with Gasteiger partial charge in [-0.3, -0.25) is 0 Å².